The van der Waals surface area contributed by atoms with Gasteiger partial charge in [0, 0.05) is 48.0 Å². The highest BCUT2D eigenvalue weighted by Crippen LogP contribution is 2.29. The van der Waals surface area contributed by atoms with E-state index in [-0.39, 0.29) is 11.9 Å². The van der Waals surface area contributed by atoms with Gasteiger partial charge in [-0.05, 0) is 74.8 Å². The first-order valence-electron chi connectivity index (χ1n) is 13.5. The maximum atomic E-state index is 13.0. The van der Waals surface area contributed by atoms with Gasteiger partial charge in [0.05, 0.1) is 11.2 Å². The van der Waals surface area contributed by atoms with Gasteiger partial charge >= 0.3 is 0 Å². The molecule has 0 bridgehead atoms. The lowest BCUT2D eigenvalue weighted by molar-refractivity contribution is 0.0921. The van der Waals surface area contributed by atoms with E-state index >= 15 is 0 Å². The van der Waals surface area contributed by atoms with Crippen molar-refractivity contribution in [3.63, 3.8) is 0 Å². The average Bonchev–Trinajstić information content (AvgIpc) is 2.96. The third-order valence-corrected chi connectivity index (χ3v) is 7.98. The van der Waals surface area contributed by atoms with Gasteiger partial charge in [-0.25, -0.2) is 9.97 Å². The summed E-state index contributed by atoms with van der Waals surface area (Å²) >= 11 is 0. The van der Waals surface area contributed by atoms with Crippen molar-refractivity contribution in [1.29, 1.82) is 0 Å². The number of benzene rings is 2. The first-order chi connectivity index (χ1) is 18.2. The number of nitrogens with one attached hydrogen (secondary N) is 1. The molecular formula is C31H33N5O. The first-order valence-corrected chi connectivity index (χ1v) is 13.5. The van der Waals surface area contributed by atoms with Gasteiger partial charge in [-0.3, -0.25) is 14.7 Å². The van der Waals surface area contributed by atoms with Crippen molar-refractivity contribution in [1.82, 2.24) is 25.2 Å². The highest BCUT2D eigenvalue weighted by atomic mass is 16.1. The van der Waals surface area contributed by atoms with Crippen LogP contribution in [0.1, 0.15) is 53.7 Å². The quantitative estimate of drug-likeness (QED) is 0.390. The van der Waals surface area contributed by atoms with Gasteiger partial charge in [0.1, 0.15) is 0 Å². The Morgan fingerprint density at radius 3 is 2.68 bits per heavy atom. The Morgan fingerprint density at radius 1 is 0.946 bits per heavy atom. The molecule has 2 aromatic carbocycles. The van der Waals surface area contributed by atoms with E-state index in [1.54, 1.807) is 6.20 Å². The summed E-state index contributed by atoms with van der Waals surface area (Å²) in [6.07, 6.45) is 10.5. The van der Waals surface area contributed by atoms with Crippen LogP contribution in [-0.2, 0) is 13.0 Å². The van der Waals surface area contributed by atoms with E-state index in [1.807, 2.05) is 54.7 Å². The fourth-order valence-corrected chi connectivity index (χ4v) is 5.80. The number of rotatable bonds is 6. The molecule has 188 valence electrons. The molecule has 37 heavy (non-hydrogen) atoms. The van der Waals surface area contributed by atoms with Crippen LogP contribution in [0.15, 0.2) is 73.1 Å². The van der Waals surface area contributed by atoms with E-state index in [0.717, 1.165) is 72.7 Å². The number of amides is 1. The monoisotopic (exact) mass is 491 g/mol. The van der Waals surface area contributed by atoms with Crippen LogP contribution in [0, 0.1) is 5.92 Å². The molecule has 2 aliphatic rings. The maximum absolute atomic E-state index is 13.0. The summed E-state index contributed by atoms with van der Waals surface area (Å²) in [6.45, 7) is 3.09. The van der Waals surface area contributed by atoms with Gasteiger partial charge in [-0.2, -0.15) is 0 Å². The Kier molecular flexibility index (Phi) is 6.91. The van der Waals surface area contributed by atoms with E-state index in [4.69, 9.17) is 4.98 Å². The van der Waals surface area contributed by atoms with Crippen LogP contribution in [0.2, 0.25) is 0 Å². The van der Waals surface area contributed by atoms with E-state index in [0.29, 0.717) is 0 Å². The summed E-state index contributed by atoms with van der Waals surface area (Å²) < 4.78 is 0. The lowest BCUT2D eigenvalue weighted by Gasteiger charge is -2.32. The number of hydrogen-bond donors (Lipinski definition) is 1. The van der Waals surface area contributed by atoms with Gasteiger partial charge in [0.25, 0.3) is 5.91 Å². The zero-order valence-electron chi connectivity index (χ0n) is 21.1. The van der Waals surface area contributed by atoms with Crippen molar-refractivity contribution >= 4 is 16.8 Å². The standard InChI is InChI=1S/C31H33N5O/c37-31(27-8-4-10-28-26(27)9-5-17-32-28)34-25-13-11-22(12-14-25)15-18-36-19-16-24-20-33-30(35-29(24)21-36)23-6-2-1-3-7-23/h1-10,17,20,22,25H,11-16,18-19,21H2,(H,34,37). The van der Waals surface area contributed by atoms with Crippen LogP contribution >= 0.6 is 0 Å². The second kappa shape index (κ2) is 10.8. The Morgan fingerprint density at radius 2 is 1.81 bits per heavy atom. The van der Waals surface area contributed by atoms with Gasteiger partial charge < -0.3 is 5.32 Å². The van der Waals surface area contributed by atoms with Crippen molar-refractivity contribution in [2.75, 3.05) is 13.1 Å². The van der Waals surface area contributed by atoms with Crippen LogP contribution in [0.25, 0.3) is 22.3 Å². The molecule has 1 saturated carbocycles. The van der Waals surface area contributed by atoms with E-state index in [9.17, 15) is 4.79 Å². The molecule has 6 nitrogen and oxygen atoms in total. The number of aromatic nitrogens is 3. The second-order valence-electron chi connectivity index (χ2n) is 10.4. The molecule has 1 aliphatic carbocycles. The van der Waals surface area contributed by atoms with Crippen LogP contribution < -0.4 is 5.32 Å². The van der Waals surface area contributed by atoms with Crippen molar-refractivity contribution in [2.45, 2.75) is 51.1 Å². The van der Waals surface area contributed by atoms with Crippen LogP contribution in [-0.4, -0.2) is 44.9 Å². The smallest absolute Gasteiger partial charge is 0.252 e. The summed E-state index contributed by atoms with van der Waals surface area (Å²) in [4.78, 5) is 29.4. The van der Waals surface area contributed by atoms with E-state index in [1.165, 1.54) is 30.5 Å². The number of fused-ring (bicyclic) bond motifs is 2. The molecule has 1 amide bonds. The van der Waals surface area contributed by atoms with Crippen LogP contribution in [0.5, 0.6) is 0 Å². The molecule has 3 heterocycles. The highest BCUT2D eigenvalue weighted by Gasteiger charge is 2.25. The molecule has 0 atom stereocenters. The Bertz CT molecular complexity index is 1380. The summed E-state index contributed by atoms with van der Waals surface area (Å²) in [5, 5.41) is 4.21. The Hall–Kier alpha value is -3.64. The first kappa shape index (κ1) is 23.7. The van der Waals surface area contributed by atoms with Gasteiger partial charge in [-0.15, -0.1) is 0 Å². The Balaban J connectivity index is 0.993. The molecule has 2 aromatic heterocycles. The number of carbonyl (C=O) groups excluding carboxylic acids is 1. The summed E-state index contributed by atoms with van der Waals surface area (Å²) in [7, 11) is 0. The van der Waals surface area contributed by atoms with Crippen molar-refractivity contribution < 1.29 is 4.79 Å². The van der Waals surface area contributed by atoms with E-state index in [2.05, 4.69) is 32.3 Å². The number of carbonyl (C=O) groups is 1. The van der Waals surface area contributed by atoms with Crippen molar-refractivity contribution in [3.8, 4) is 11.4 Å². The highest BCUT2D eigenvalue weighted by molar-refractivity contribution is 6.06. The molecule has 6 heteroatoms. The topological polar surface area (TPSA) is 71.0 Å². The molecule has 1 aliphatic heterocycles. The van der Waals surface area contributed by atoms with Gasteiger partial charge in [-0.1, -0.05) is 42.5 Å². The van der Waals surface area contributed by atoms with Crippen molar-refractivity contribution in [2.24, 2.45) is 5.92 Å². The zero-order valence-corrected chi connectivity index (χ0v) is 21.1. The minimum atomic E-state index is 0.0193. The number of nitrogens with zero attached hydrogens (tertiary/aromatic N) is 4. The summed E-state index contributed by atoms with van der Waals surface area (Å²) in [5.41, 5.74) is 5.12. The largest absolute Gasteiger partial charge is 0.349 e. The molecular weight excluding hydrogens is 458 g/mol. The van der Waals surface area contributed by atoms with Crippen LogP contribution in [0.4, 0.5) is 0 Å². The molecule has 6 rings (SSSR count). The lowest BCUT2D eigenvalue weighted by Crippen LogP contribution is -2.38. The number of hydrogen-bond acceptors (Lipinski definition) is 5. The second-order valence-corrected chi connectivity index (χ2v) is 10.4. The SMILES string of the molecule is O=C(NC1CCC(CCN2CCc3cnc(-c4ccccc4)nc3C2)CC1)c1cccc2ncccc12. The van der Waals surface area contributed by atoms with Gasteiger partial charge in [0.2, 0.25) is 0 Å². The lowest BCUT2D eigenvalue weighted by atomic mass is 9.83. The molecule has 4 aromatic rings. The predicted octanol–water partition coefficient (Wildman–Crippen LogP) is 5.43. The Labute approximate surface area is 218 Å². The molecule has 0 unspecified atom stereocenters. The van der Waals surface area contributed by atoms with Crippen LogP contribution in [0.3, 0.4) is 0 Å². The zero-order chi connectivity index (χ0) is 25.0. The molecule has 0 saturated heterocycles. The fourth-order valence-electron chi connectivity index (χ4n) is 5.80. The number of pyridine rings is 1. The summed E-state index contributed by atoms with van der Waals surface area (Å²) in [6, 6.07) is 20.1. The van der Waals surface area contributed by atoms with Gasteiger partial charge in [0.15, 0.2) is 5.82 Å². The molecule has 1 N–H and O–H groups in total. The molecule has 0 spiro atoms. The third kappa shape index (κ3) is 5.39. The fraction of sp³-hybridized carbons (Fsp3) is 0.355. The summed E-state index contributed by atoms with van der Waals surface area (Å²) in [5.74, 6) is 1.56. The molecule has 1 fully saturated rings. The predicted molar refractivity (Wildman–Crippen MR) is 146 cm³/mol. The van der Waals surface area contributed by atoms with E-state index < -0.39 is 0 Å². The molecule has 0 radical (unpaired) electrons. The van der Waals surface area contributed by atoms with Crippen molar-refractivity contribution in [3.05, 3.63) is 89.9 Å². The third-order valence-electron chi connectivity index (χ3n) is 7.98. The minimum Gasteiger partial charge on any atom is -0.349 e. The minimum absolute atomic E-state index is 0.0193. The normalized spacial score (nSPS) is 19.9. The average molecular weight is 492 g/mol. The maximum Gasteiger partial charge on any atom is 0.252 e.